The van der Waals surface area contributed by atoms with Gasteiger partial charge in [0.15, 0.2) is 0 Å². The van der Waals surface area contributed by atoms with Crippen molar-refractivity contribution in [3.8, 4) is 0 Å². The van der Waals surface area contributed by atoms with Crippen molar-refractivity contribution in [1.82, 2.24) is 0 Å². The van der Waals surface area contributed by atoms with Crippen molar-refractivity contribution >= 4 is 22.6 Å². The molecule has 0 aromatic carbocycles. The number of aliphatic hydroxyl groups is 2. The Bertz CT molecular complexity index is 125. The van der Waals surface area contributed by atoms with Gasteiger partial charge in [0.2, 0.25) is 0 Å². The zero-order valence-electron chi connectivity index (χ0n) is 7.63. The van der Waals surface area contributed by atoms with Gasteiger partial charge in [-0.3, -0.25) is 0 Å². The van der Waals surface area contributed by atoms with Crippen LogP contribution in [0.4, 0.5) is 0 Å². The van der Waals surface area contributed by atoms with E-state index in [4.69, 9.17) is 10.2 Å². The van der Waals surface area contributed by atoms with Gasteiger partial charge in [0.25, 0.3) is 0 Å². The monoisotopic (exact) mass is 284 g/mol. The third-order valence-corrected chi connectivity index (χ3v) is 1.13. The maximum atomic E-state index is 8.40. The van der Waals surface area contributed by atoms with Crippen LogP contribution in [0.25, 0.3) is 0 Å². The molecule has 0 radical (unpaired) electrons. The van der Waals surface area contributed by atoms with Crippen molar-refractivity contribution < 1.29 is 10.2 Å². The fraction of sp³-hybridized carbons (Fsp3) is 0.556. The van der Waals surface area contributed by atoms with Crippen molar-refractivity contribution in [3.05, 3.63) is 25.0 Å². The lowest BCUT2D eigenvalue weighted by Gasteiger charge is -2.08. The highest BCUT2D eigenvalue weighted by molar-refractivity contribution is 14.1. The van der Waals surface area contributed by atoms with Crippen LogP contribution in [-0.2, 0) is 0 Å². The number of aliphatic hydroxyl groups excluding tert-OH is 2. The van der Waals surface area contributed by atoms with Crippen LogP contribution < -0.4 is 0 Å². The standard InChI is InChI=1S/C5H8O.C4H9IO/c1-2-3-4-5-6;1-4(2,5)3-6/h2,4-6H,1,3H2;6H,3H2,1-2H3/b5-4-;. The van der Waals surface area contributed by atoms with Crippen LogP contribution in [0.1, 0.15) is 20.3 Å². The molecule has 0 rings (SSSR count). The zero-order valence-corrected chi connectivity index (χ0v) is 9.78. The van der Waals surface area contributed by atoms with Gasteiger partial charge in [-0.05, 0) is 26.3 Å². The Balaban J connectivity index is 0. The van der Waals surface area contributed by atoms with Gasteiger partial charge in [-0.25, -0.2) is 0 Å². The van der Waals surface area contributed by atoms with E-state index in [1.807, 2.05) is 13.8 Å². The first-order chi connectivity index (χ1) is 5.47. The molecule has 0 aliphatic heterocycles. The molecule has 0 atom stereocenters. The summed E-state index contributed by atoms with van der Waals surface area (Å²) in [5.41, 5.74) is 0. The molecule has 2 N–H and O–H groups in total. The molecule has 0 aromatic rings. The molecule has 0 saturated heterocycles. The average Bonchev–Trinajstić information content (AvgIpc) is 2.01. The SMILES string of the molecule is C=CC/C=C\O.CC(C)(I)CO. The Hall–Kier alpha value is -0.0300. The predicted molar refractivity (Wildman–Crippen MR) is 61.8 cm³/mol. The summed E-state index contributed by atoms with van der Waals surface area (Å²) in [5, 5.41) is 16.4. The second kappa shape index (κ2) is 9.06. The second-order valence-corrected chi connectivity index (χ2v) is 5.71. The Kier molecular flexibility index (Phi) is 10.9. The summed E-state index contributed by atoms with van der Waals surface area (Å²) in [6, 6.07) is 0. The fourth-order valence-corrected chi connectivity index (χ4v) is 0.157. The van der Waals surface area contributed by atoms with Crippen molar-refractivity contribution in [3.63, 3.8) is 0 Å². The highest BCUT2D eigenvalue weighted by Gasteiger charge is 2.07. The van der Waals surface area contributed by atoms with Gasteiger partial charge < -0.3 is 10.2 Å². The number of alkyl halides is 1. The lowest BCUT2D eigenvalue weighted by atomic mass is 10.2. The van der Waals surface area contributed by atoms with E-state index >= 15 is 0 Å². The fourth-order valence-electron chi connectivity index (χ4n) is 0.157. The molecule has 2 nitrogen and oxygen atoms in total. The summed E-state index contributed by atoms with van der Waals surface area (Å²) in [7, 11) is 0. The highest BCUT2D eigenvalue weighted by atomic mass is 127. The number of halogens is 1. The summed E-state index contributed by atoms with van der Waals surface area (Å²) in [6.07, 6.45) is 5.10. The number of hydrogen-bond acceptors (Lipinski definition) is 2. The van der Waals surface area contributed by atoms with Gasteiger partial charge in [-0.15, -0.1) is 6.58 Å². The van der Waals surface area contributed by atoms with Gasteiger partial charge in [-0.1, -0.05) is 28.7 Å². The van der Waals surface area contributed by atoms with Crippen LogP contribution in [0.2, 0.25) is 0 Å². The quantitative estimate of drug-likeness (QED) is 0.362. The molecule has 0 amide bonds. The van der Waals surface area contributed by atoms with Crippen LogP contribution in [0, 0.1) is 0 Å². The lowest BCUT2D eigenvalue weighted by molar-refractivity contribution is 0.272. The molecule has 0 bridgehead atoms. The van der Waals surface area contributed by atoms with E-state index in [0.717, 1.165) is 12.7 Å². The molecule has 12 heavy (non-hydrogen) atoms. The van der Waals surface area contributed by atoms with E-state index in [-0.39, 0.29) is 10.0 Å². The van der Waals surface area contributed by atoms with E-state index in [1.54, 1.807) is 12.2 Å². The first-order valence-electron chi connectivity index (χ1n) is 3.68. The van der Waals surface area contributed by atoms with Gasteiger partial charge in [-0.2, -0.15) is 0 Å². The molecule has 0 fully saturated rings. The van der Waals surface area contributed by atoms with Crippen LogP contribution >= 0.6 is 22.6 Å². The van der Waals surface area contributed by atoms with Gasteiger partial charge >= 0.3 is 0 Å². The van der Waals surface area contributed by atoms with E-state index in [1.165, 1.54) is 0 Å². The molecular weight excluding hydrogens is 267 g/mol. The summed E-state index contributed by atoms with van der Waals surface area (Å²) >= 11 is 2.19. The topological polar surface area (TPSA) is 40.5 Å². The van der Waals surface area contributed by atoms with Crippen LogP contribution in [0.3, 0.4) is 0 Å². The molecule has 0 aliphatic carbocycles. The molecule has 3 heteroatoms. The van der Waals surface area contributed by atoms with Crippen molar-refractivity contribution in [2.75, 3.05) is 6.61 Å². The van der Waals surface area contributed by atoms with E-state index in [9.17, 15) is 0 Å². The third kappa shape index (κ3) is 22.5. The average molecular weight is 284 g/mol. The molecule has 0 spiro atoms. The minimum Gasteiger partial charge on any atom is -0.516 e. The number of rotatable bonds is 3. The summed E-state index contributed by atoms with van der Waals surface area (Å²) in [4.78, 5) is 0. The second-order valence-electron chi connectivity index (χ2n) is 2.79. The van der Waals surface area contributed by atoms with E-state index in [2.05, 4.69) is 29.2 Å². The summed E-state index contributed by atoms with van der Waals surface area (Å²) in [5.74, 6) is 0. The Morgan fingerprint density at radius 3 is 2.00 bits per heavy atom. The van der Waals surface area contributed by atoms with Gasteiger partial charge in [0.05, 0.1) is 12.9 Å². The molecule has 0 aliphatic rings. The maximum absolute atomic E-state index is 8.40. The summed E-state index contributed by atoms with van der Waals surface area (Å²) < 4.78 is 0.0672. The Labute approximate surface area is 88.1 Å². The minimum absolute atomic E-state index is 0.0672. The molecule has 0 saturated carbocycles. The lowest BCUT2D eigenvalue weighted by Crippen LogP contribution is -2.13. The van der Waals surface area contributed by atoms with Crippen molar-refractivity contribution in [2.45, 2.75) is 23.7 Å². The summed E-state index contributed by atoms with van der Waals surface area (Å²) in [6.45, 7) is 7.65. The Morgan fingerprint density at radius 2 is 1.92 bits per heavy atom. The molecule has 0 unspecified atom stereocenters. The molecule has 72 valence electrons. The Morgan fingerprint density at radius 1 is 1.50 bits per heavy atom. The predicted octanol–water partition coefficient (Wildman–Crippen LogP) is 2.83. The smallest absolute Gasteiger partial charge is 0.0754 e. The van der Waals surface area contributed by atoms with Crippen molar-refractivity contribution in [2.24, 2.45) is 0 Å². The number of hydrogen-bond donors (Lipinski definition) is 2. The molecule has 0 heterocycles. The number of allylic oxidation sites excluding steroid dienone is 2. The maximum Gasteiger partial charge on any atom is 0.0754 e. The van der Waals surface area contributed by atoms with E-state index < -0.39 is 0 Å². The van der Waals surface area contributed by atoms with Crippen molar-refractivity contribution in [1.29, 1.82) is 0 Å². The minimum atomic E-state index is 0.0672. The highest BCUT2D eigenvalue weighted by Crippen LogP contribution is 2.13. The van der Waals surface area contributed by atoms with Gasteiger partial charge in [0.1, 0.15) is 0 Å². The van der Waals surface area contributed by atoms with E-state index in [0.29, 0.717) is 0 Å². The van der Waals surface area contributed by atoms with Gasteiger partial charge in [0, 0.05) is 3.42 Å². The van der Waals surface area contributed by atoms with Crippen LogP contribution in [0.15, 0.2) is 25.0 Å². The zero-order chi connectivity index (χ0) is 10.0. The molecular formula is C9H17IO2. The first-order valence-corrected chi connectivity index (χ1v) is 4.75. The van der Waals surface area contributed by atoms with Crippen LogP contribution in [0.5, 0.6) is 0 Å². The first kappa shape index (κ1) is 14.5. The molecule has 0 aromatic heterocycles. The normalized spacial score (nSPS) is 10.7. The van der Waals surface area contributed by atoms with Crippen LogP contribution in [-0.4, -0.2) is 20.2 Å². The largest absolute Gasteiger partial charge is 0.516 e. The third-order valence-electron chi connectivity index (χ3n) is 0.784.